The number of carbonyl (C=O) groups excluding carboxylic acids is 1. The van der Waals surface area contributed by atoms with E-state index in [-0.39, 0.29) is 17.5 Å². The zero-order valence-corrected chi connectivity index (χ0v) is 16.7. The van der Waals surface area contributed by atoms with Crippen LogP contribution in [0.2, 0.25) is 5.02 Å². The Morgan fingerprint density at radius 3 is 2.75 bits per heavy atom. The van der Waals surface area contributed by atoms with Crippen LogP contribution in [-0.4, -0.2) is 40.8 Å². The molecule has 0 unspecified atom stereocenters. The number of benzene rings is 1. The summed E-state index contributed by atoms with van der Waals surface area (Å²) in [4.78, 5) is 14.9. The minimum absolute atomic E-state index is 0.166. The zero-order chi connectivity index (χ0) is 20.3. The Morgan fingerprint density at radius 1 is 1.32 bits per heavy atom. The average Bonchev–Trinajstić information content (AvgIpc) is 3.27. The van der Waals surface area contributed by atoms with Gasteiger partial charge in [-0.05, 0) is 37.6 Å². The second kappa shape index (κ2) is 8.58. The lowest BCUT2D eigenvalue weighted by atomic mass is 10.1. The fourth-order valence-corrected chi connectivity index (χ4v) is 3.36. The van der Waals surface area contributed by atoms with Crippen molar-refractivity contribution in [1.29, 1.82) is 0 Å². The van der Waals surface area contributed by atoms with E-state index in [1.165, 1.54) is 18.4 Å². The summed E-state index contributed by atoms with van der Waals surface area (Å²) in [6.45, 7) is 4.74. The smallest absolute Gasteiger partial charge is 0.256 e. The molecule has 1 amide bonds. The van der Waals surface area contributed by atoms with Crippen LogP contribution in [0, 0.1) is 19.7 Å². The van der Waals surface area contributed by atoms with E-state index in [1.807, 2.05) is 24.5 Å². The van der Waals surface area contributed by atoms with Crippen LogP contribution in [0.5, 0.6) is 0 Å². The van der Waals surface area contributed by atoms with Gasteiger partial charge in [-0.3, -0.25) is 9.36 Å². The molecule has 0 bridgehead atoms. The van der Waals surface area contributed by atoms with Crippen LogP contribution in [0.1, 0.15) is 27.3 Å². The number of hydrogen-bond donors (Lipinski definition) is 0. The van der Waals surface area contributed by atoms with Crippen LogP contribution in [0.3, 0.4) is 0 Å². The van der Waals surface area contributed by atoms with Gasteiger partial charge in [0.2, 0.25) is 0 Å². The molecule has 2 aromatic heterocycles. The van der Waals surface area contributed by atoms with E-state index in [0.29, 0.717) is 30.1 Å². The molecule has 0 fully saturated rings. The number of amides is 1. The van der Waals surface area contributed by atoms with Gasteiger partial charge in [0.05, 0.1) is 12.2 Å². The van der Waals surface area contributed by atoms with Crippen LogP contribution in [0.25, 0.3) is 5.82 Å². The normalized spacial score (nSPS) is 11.0. The van der Waals surface area contributed by atoms with Gasteiger partial charge in [-0.1, -0.05) is 22.8 Å². The summed E-state index contributed by atoms with van der Waals surface area (Å²) in [6.07, 6.45) is 1.48. The number of aromatic nitrogens is 2. The molecular formula is C20H21ClFN3O3. The number of rotatable bonds is 7. The number of carbonyl (C=O) groups is 1. The molecule has 6 nitrogen and oxygen atoms in total. The molecule has 0 atom stereocenters. The van der Waals surface area contributed by atoms with Crippen LogP contribution in [-0.2, 0) is 11.3 Å². The minimum Gasteiger partial charge on any atom is -0.383 e. The highest BCUT2D eigenvalue weighted by Crippen LogP contribution is 2.24. The van der Waals surface area contributed by atoms with E-state index in [0.717, 1.165) is 11.4 Å². The quantitative estimate of drug-likeness (QED) is 0.592. The van der Waals surface area contributed by atoms with E-state index in [4.69, 9.17) is 20.9 Å². The summed E-state index contributed by atoms with van der Waals surface area (Å²) in [5.74, 6) is 0.0269. The first-order chi connectivity index (χ1) is 13.4. The first-order valence-corrected chi connectivity index (χ1v) is 9.12. The van der Waals surface area contributed by atoms with Gasteiger partial charge < -0.3 is 14.2 Å². The molecule has 148 valence electrons. The third-order valence-electron chi connectivity index (χ3n) is 4.54. The Kier molecular flexibility index (Phi) is 6.16. The summed E-state index contributed by atoms with van der Waals surface area (Å²) in [5.41, 5.74) is 2.83. The lowest BCUT2D eigenvalue weighted by Crippen LogP contribution is -2.33. The predicted molar refractivity (Wildman–Crippen MR) is 103 cm³/mol. The fourth-order valence-electron chi connectivity index (χ4n) is 3.13. The Bertz CT molecular complexity index is 969. The molecule has 0 N–H and O–H groups in total. The van der Waals surface area contributed by atoms with Crippen molar-refractivity contribution in [3.8, 4) is 5.82 Å². The summed E-state index contributed by atoms with van der Waals surface area (Å²) in [6, 6.07) is 7.71. The second-order valence-electron chi connectivity index (χ2n) is 6.43. The van der Waals surface area contributed by atoms with Crippen molar-refractivity contribution < 1.29 is 18.4 Å². The Hall–Kier alpha value is -2.64. The molecule has 8 heteroatoms. The van der Waals surface area contributed by atoms with Gasteiger partial charge >= 0.3 is 0 Å². The summed E-state index contributed by atoms with van der Waals surface area (Å²) < 4.78 is 25.3. The predicted octanol–water partition coefficient (Wildman–Crippen LogP) is 4.16. The largest absolute Gasteiger partial charge is 0.383 e. The highest BCUT2D eigenvalue weighted by molar-refractivity contribution is 6.31. The molecule has 0 aliphatic rings. The number of nitrogens with zero attached hydrogens (tertiary/aromatic N) is 3. The van der Waals surface area contributed by atoms with Gasteiger partial charge in [0.25, 0.3) is 5.91 Å². The lowest BCUT2D eigenvalue weighted by Gasteiger charge is -2.23. The van der Waals surface area contributed by atoms with Crippen LogP contribution in [0.15, 0.2) is 41.1 Å². The van der Waals surface area contributed by atoms with Gasteiger partial charge in [-0.2, -0.15) is 0 Å². The van der Waals surface area contributed by atoms with Crippen molar-refractivity contribution >= 4 is 17.5 Å². The number of hydrogen-bond acceptors (Lipinski definition) is 4. The van der Waals surface area contributed by atoms with Crippen molar-refractivity contribution in [3.05, 3.63) is 69.9 Å². The Labute approximate surface area is 167 Å². The number of methoxy groups -OCH3 is 1. The Morgan fingerprint density at radius 2 is 2.11 bits per heavy atom. The van der Waals surface area contributed by atoms with E-state index in [1.54, 1.807) is 24.1 Å². The highest BCUT2D eigenvalue weighted by Gasteiger charge is 2.23. The molecule has 0 radical (unpaired) electrons. The first kappa shape index (κ1) is 20.1. The third-order valence-corrected chi connectivity index (χ3v) is 4.90. The molecule has 1 aromatic carbocycles. The molecule has 0 spiro atoms. The molecule has 0 aliphatic heterocycles. The zero-order valence-electron chi connectivity index (χ0n) is 15.9. The second-order valence-corrected chi connectivity index (χ2v) is 6.84. The summed E-state index contributed by atoms with van der Waals surface area (Å²) >= 11 is 6.15. The van der Waals surface area contributed by atoms with Crippen LogP contribution in [0.4, 0.5) is 4.39 Å². The molecule has 2 heterocycles. The van der Waals surface area contributed by atoms with Gasteiger partial charge in [-0.25, -0.2) is 4.39 Å². The third kappa shape index (κ3) is 4.10. The average molecular weight is 406 g/mol. The SMILES string of the molecule is COCCN(Cc1ccc(F)cc1Cl)C(=O)c1cc(C)n(-c2ccon2)c1C. The summed E-state index contributed by atoms with van der Waals surface area (Å²) in [5, 5.41) is 4.23. The maximum Gasteiger partial charge on any atom is 0.256 e. The van der Waals surface area contributed by atoms with E-state index >= 15 is 0 Å². The lowest BCUT2D eigenvalue weighted by molar-refractivity contribution is 0.0679. The number of ether oxygens (including phenoxy) is 1. The monoisotopic (exact) mass is 405 g/mol. The van der Waals surface area contributed by atoms with Crippen molar-refractivity contribution in [2.45, 2.75) is 20.4 Å². The van der Waals surface area contributed by atoms with Crippen molar-refractivity contribution in [3.63, 3.8) is 0 Å². The maximum atomic E-state index is 13.3. The minimum atomic E-state index is -0.417. The number of halogens is 2. The molecule has 28 heavy (non-hydrogen) atoms. The first-order valence-electron chi connectivity index (χ1n) is 8.74. The maximum absolute atomic E-state index is 13.3. The van der Waals surface area contributed by atoms with E-state index in [2.05, 4.69) is 5.16 Å². The van der Waals surface area contributed by atoms with E-state index in [9.17, 15) is 9.18 Å². The van der Waals surface area contributed by atoms with Crippen LogP contribution < -0.4 is 0 Å². The fraction of sp³-hybridized carbons (Fsp3) is 0.300. The standard InChI is InChI=1S/C20H21ClFN3O3/c1-13-10-17(14(2)25(13)19-6-8-28-23-19)20(26)24(7-9-27-3)12-15-4-5-16(22)11-18(15)21/h4-6,8,10-11H,7,9,12H2,1-3H3. The molecule has 0 aliphatic carbocycles. The van der Waals surface area contributed by atoms with Gasteiger partial charge in [0.15, 0.2) is 5.82 Å². The van der Waals surface area contributed by atoms with Gasteiger partial charge in [0, 0.05) is 42.7 Å². The molecule has 0 saturated carbocycles. The molecule has 3 rings (SSSR count). The topological polar surface area (TPSA) is 60.5 Å². The van der Waals surface area contributed by atoms with Crippen molar-refractivity contribution in [2.75, 3.05) is 20.3 Å². The molecular weight excluding hydrogens is 385 g/mol. The molecule has 0 saturated heterocycles. The number of aryl methyl sites for hydroxylation is 1. The van der Waals surface area contributed by atoms with Crippen molar-refractivity contribution in [2.24, 2.45) is 0 Å². The van der Waals surface area contributed by atoms with Crippen molar-refractivity contribution in [1.82, 2.24) is 14.6 Å². The van der Waals surface area contributed by atoms with Crippen LogP contribution >= 0.6 is 11.6 Å². The van der Waals surface area contributed by atoms with Gasteiger partial charge in [-0.15, -0.1) is 0 Å². The van der Waals surface area contributed by atoms with E-state index < -0.39 is 5.82 Å². The summed E-state index contributed by atoms with van der Waals surface area (Å²) in [7, 11) is 1.57. The van der Waals surface area contributed by atoms with Gasteiger partial charge in [0.1, 0.15) is 12.1 Å². The molecule has 3 aromatic rings. The highest BCUT2D eigenvalue weighted by atomic mass is 35.5. The Balaban J connectivity index is 1.92.